The Labute approximate surface area is 90.5 Å². The fourth-order valence-corrected chi connectivity index (χ4v) is 0.923. The number of nitrogens with zero attached hydrogens (tertiary/aromatic N) is 2. The summed E-state index contributed by atoms with van der Waals surface area (Å²) in [5, 5.41) is 8.67. The van der Waals surface area contributed by atoms with E-state index in [9.17, 15) is 9.59 Å². The summed E-state index contributed by atoms with van der Waals surface area (Å²) in [5.74, 6) is -0.113. The lowest BCUT2D eigenvalue weighted by Crippen LogP contribution is -2.30. The molecule has 1 aromatic rings. The SMILES string of the molecule is CN(C)C(=O)CNc1n[nH]c(=S)[nH]c1=O. The highest BCUT2D eigenvalue weighted by Gasteiger charge is 2.05. The van der Waals surface area contributed by atoms with E-state index in [-0.39, 0.29) is 23.0 Å². The minimum atomic E-state index is -0.453. The maximum Gasteiger partial charge on any atom is 0.294 e. The van der Waals surface area contributed by atoms with Gasteiger partial charge in [0.05, 0.1) is 6.54 Å². The monoisotopic (exact) mass is 229 g/mol. The van der Waals surface area contributed by atoms with E-state index in [1.807, 2.05) is 0 Å². The van der Waals surface area contributed by atoms with Gasteiger partial charge in [-0.2, -0.15) is 0 Å². The maximum absolute atomic E-state index is 11.2. The Morgan fingerprint density at radius 2 is 2.27 bits per heavy atom. The number of hydrogen-bond acceptors (Lipinski definition) is 5. The zero-order chi connectivity index (χ0) is 11.4. The molecule has 7 nitrogen and oxygen atoms in total. The fourth-order valence-electron chi connectivity index (χ4n) is 0.785. The largest absolute Gasteiger partial charge is 0.355 e. The topological polar surface area (TPSA) is 93.9 Å². The number of H-pyrrole nitrogens is 2. The van der Waals surface area contributed by atoms with Crippen molar-refractivity contribution in [1.82, 2.24) is 20.1 Å². The molecule has 0 aliphatic heterocycles. The second kappa shape index (κ2) is 4.69. The quantitative estimate of drug-likeness (QED) is 0.597. The first-order valence-corrected chi connectivity index (χ1v) is 4.54. The van der Waals surface area contributed by atoms with Gasteiger partial charge in [0.1, 0.15) is 0 Å². The average Bonchev–Trinajstić information content (AvgIpc) is 2.15. The van der Waals surface area contributed by atoms with Crippen molar-refractivity contribution in [2.24, 2.45) is 0 Å². The van der Waals surface area contributed by atoms with E-state index in [1.54, 1.807) is 14.1 Å². The minimum absolute atomic E-state index is 0.00763. The second-order valence-electron chi connectivity index (χ2n) is 3.00. The Kier molecular flexibility index (Phi) is 3.56. The highest BCUT2D eigenvalue weighted by atomic mass is 32.1. The number of carbonyl (C=O) groups excluding carboxylic acids is 1. The number of amides is 1. The number of carbonyl (C=O) groups is 1. The molecular weight excluding hydrogens is 218 g/mol. The molecule has 0 saturated heterocycles. The maximum atomic E-state index is 11.2. The molecule has 0 aliphatic carbocycles. The molecule has 3 N–H and O–H groups in total. The molecule has 0 fully saturated rings. The van der Waals surface area contributed by atoms with Gasteiger partial charge >= 0.3 is 0 Å². The predicted octanol–water partition coefficient (Wildman–Crippen LogP) is -0.672. The summed E-state index contributed by atoms with van der Waals surface area (Å²) < 4.78 is 0.143. The van der Waals surface area contributed by atoms with Crippen molar-refractivity contribution < 1.29 is 4.79 Å². The molecule has 1 aromatic heterocycles. The molecule has 0 bridgehead atoms. The van der Waals surface area contributed by atoms with Crippen LogP contribution in [0.1, 0.15) is 0 Å². The third kappa shape index (κ3) is 3.17. The highest BCUT2D eigenvalue weighted by Crippen LogP contribution is 1.88. The Hall–Kier alpha value is -1.70. The second-order valence-corrected chi connectivity index (χ2v) is 3.41. The first-order valence-electron chi connectivity index (χ1n) is 4.13. The summed E-state index contributed by atoms with van der Waals surface area (Å²) in [4.78, 5) is 26.2. The van der Waals surface area contributed by atoms with Crippen molar-refractivity contribution in [2.45, 2.75) is 0 Å². The predicted molar refractivity (Wildman–Crippen MR) is 57.2 cm³/mol. The standard InChI is InChI=1S/C7H11N5O2S/c1-12(2)4(13)3-8-5-6(14)9-7(15)11-10-5/h3H2,1-2H3,(H,8,10)(H2,9,11,14,15). The Morgan fingerprint density at radius 3 is 2.80 bits per heavy atom. The number of hydrogen-bond donors (Lipinski definition) is 3. The average molecular weight is 229 g/mol. The van der Waals surface area contributed by atoms with Crippen LogP contribution in [-0.4, -0.2) is 46.6 Å². The zero-order valence-electron chi connectivity index (χ0n) is 8.33. The smallest absolute Gasteiger partial charge is 0.294 e. The molecule has 0 aliphatic rings. The molecule has 0 aromatic carbocycles. The van der Waals surface area contributed by atoms with Gasteiger partial charge in [0.15, 0.2) is 4.77 Å². The first-order chi connectivity index (χ1) is 7.00. The van der Waals surface area contributed by atoms with Crippen LogP contribution in [0.4, 0.5) is 5.82 Å². The number of nitrogens with one attached hydrogen (secondary N) is 3. The number of likely N-dealkylation sites (N-methyl/N-ethyl adjacent to an activating group) is 1. The summed E-state index contributed by atoms with van der Waals surface area (Å²) in [6, 6.07) is 0. The molecule has 15 heavy (non-hydrogen) atoms. The molecule has 0 saturated carbocycles. The highest BCUT2D eigenvalue weighted by molar-refractivity contribution is 7.71. The van der Waals surface area contributed by atoms with E-state index in [4.69, 9.17) is 0 Å². The molecule has 0 atom stereocenters. The molecule has 8 heteroatoms. The summed E-state index contributed by atoms with van der Waals surface area (Å²) >= 11 is 4.66. The molecule has 0 spiro atoms. The Bertz CT molecular complexity index is 463. The van der Waals surface area contributed by atoms with Crippen molar-refractivity contribution in [3.05, 3.63) is 15.1 Å². The molecule has 0 radical (unpaired) electrons. The summed E-state index contributed by atoms with van der Waals surface area (Å²) in [6.07, 6.45) is 0. The van der Waals surface area contributed by atoms with Gasteiger partial charge in [-0.3, -0.25) is 19.7 Å². The van der Waals surface area contributed by atoms with Crippen molar-refractivity contribution >= 4 is 23.9 Å². The van der Waals surface area contributed by atoms with Crippen LogP contribution in [0.3, 0.4) is 0 Å². The van der Waals surface area contributed by atoms with Gasteiger partial charge < -0.3 is 10.2 Å². The number of rotatable bonds is 3. The molecule has 82 valence electrons. The summed E-state index contributed by atoms with van der Waals surface area (Å²) in [7, 11) is 3.25. The van der Waals surface area contributed by atoms with E-state index >= 15 is 0 Å². The van der Waals surface area contributed by atoms with E-state index in [1.165, 1.54) is 4.90 Å². The number of aromatic amines is 2. The lowest BCUT2D eigenvalue weighted by Gasteiger charge is -2.10. The van der Waals surface area contributed by atoms with Gasteiger partial charge in [0, 0.05) is 14.1 Å². The van der Waals surface area contributed by atoms with Crippen LogP contribution in [0.25, 0.3) is 0 Å². The fraction of sp³-hybridized carbons (Fsp3) is 0.429. The van der Waals surface area contributed by atoms with Crippen molar-refractivity contribution in [3.63, 3.8) is 0 Å². The third-order valence-corrected chi connectivity index (χ3v) is 1.81. The van der Waals surface area contributed by atoms with Gasteiger partial charge in [0.25, 0.3) is 5.56 Å². The number of aromatic nitrogens is 3. The van der Waals surface area contributed by atoms with E-state index in [0.717, 1.165) is 0 Å². The summed E-state index contributed by atoms with van der Waals surface area (Å²) in [5.41, 5.74) is -0.453. The lowest BCUT2D eigenvalue weighted by molar-refractivity contribution is -0.126. The van der Waals surface area contributed by atoms with Gasteiger partial charge in [-0.15, -0.1) is 5.10 Å². The lowest BCUT2D eigenvalue weighted by atomic mass is 10.5. The third-order valence-electron chi connectivity index (χ3n) is 1.62. The molecule has 1 rings (SSSR count). The van der Waals surface area contributed by atoms with Crippen LogP contribution < -0.4 is 10.9 Å². The van der Waals surface area contributed by atoms with Crippen LogP contribution in [-0.2, 0) is 4.79 Å². The van der Waals surface area contributed by atoms with Crippen molar-refractivity contribution in [3.8, 4) is 0 Å². The van der Waals surface area contributed by atoms with Gasteiger partial charge in [-0.1, -0.05) is 0 Å². The zero-order valence-corrected chi connectivity index (χ0v) is 9.14. The molecule has 1 amide bonds. The van der Waals surface area contributed by atoms with E-state index in [0.29, 0.717) is 0 Å². The van der Waals surface area contributed by atoms with Crippen LogP contribution >= 0.6 is 12.2 Å². The number of anilines is 1. The summed E-state index contributed by atoms with van der Waals surface area (Å²) in [6.45, 7) is 0.00763. The molecule has 1 heterocycles. The van der Waals surface area contributed by atoms with E-state index in [2.05, 4.69) is 32.7 Å². The van der Waals surface area contributed by atoms with Gasteiger partial charge in [-0.25, -0.2) is 0 Å². The van der Waals surface area contributed by atoms with Crippen LogP contribution in [0, 0.1) is 4.77 Å². The van der Waals surface area contributed by atoms with Crippen LogP contribution in [0.15, 0.2) is 4.79 Å². The normalized spacial score (nSPS) is 9.73. The molecular formula is C7H11N5O2S. The van der Waals surface area contributed by atoms with E-state index < -0.39 is 5.56 Å². The van der Waals surface area contributed by atoms with Gasteiger partial charge in [-0.05, 0) is 12.2 Å². The van der Waals surface area contributed by atoms with Gasteiger partial charge in [0.2, 0.25) is 11.7 Å². The van der Waals surface area contributed by atoms with Crippen molar-refractivity contribution in [2.75, 3.05) is 26.0 Å². The molecule has 0 unspecified atom stereocenters. The van der Waals surface area contributed by atoms with Crippen molar-refractivity contribution in [1.29, 1.82) is 0 Å². The Morgan fingerprint density at radius 1 is 1.60 bits per heavy atom. The van der Waals surface area contributed by atoms with Crippen LogP contribution in [0.5, 0.6) is 0 Å². The minimum Gasteiger partial charge on any atom is -0.355 e. The Balaban J connectivity index is 2.70. The van der Waals surface area contributed by atoms with Crippen LogP contribution in [0.2, 0.25) is 0 Å². The first kappa shape index (κ1) is 11.4.